The summed E-state index contributed by atoms with van der Waals surface area (Å²) in [6.45, 7) is 1.58. The second-order valence-corrected chi connectivity index (χ2v) is 10.00. The molecule has 5 aliphatic rings. The minimum absolute atomic E-state index is 0.188. The smallest absolute Gasteiger partial charge is 0.227 e. The predicted octanol–water partition coefficient (Wildman–Crippen LogP) is 2.85. The average Bonchev–Trinajstić information content (AvgIpc) is 2.90. The Morgan fingerprint density at radius 1 is 1.22 bits per heavy atom. The first-order valence-corrected chi connectivity index (χ1v) is 11.0. The van der Waals surface area contributed by atoms with Crippen LogP contribution in [-0.4, -0.2) is 38.6 Å². The number of hydrogen-bond donors (Lipinski definition) is 1. The van der Waals surface area contributed by atoms with Gasteiger partial charge >= 0.3 is 0 Å². The summed E-state index contributed by atoms with van der Waals surface area (Å²) in [5, 5.41) is 3.62. The Balaban J connectivity index is 1.27. The van der Waals surface area contributed by atoms with Crippen molar-refractivity contribution in [1.82, 2.24) is 9.97 Å². The van der Waals surface area contributed by atoms with Crippen LogP contribution in [0.25, 0.3) is 0 Å². The van der Waals surface area contributed by atoms with Gasteiger partial charge in [-0.25, -0.2) is 9.37 Å². The number of nitrogens with zero attached hydrogens (tertiary/aromatic N) is 3. The summed E-state index contributed by atoms with van der Waals surface area (Å²) in [4.78, 5) is 12.5. The Labute approximate surface area is 159 Å². The first-order valence-electron chi connectivity index (χ1n) is 9.66. The third kappa shape index (κ3) is 2.43. The van der Waals surface area contributed by atoms with Crippen molar-refractivity contribution in [2.75, 3.05) is 29.1 Å². The Kier molecular flexibility index (Phi) is 3.26. The SMILES string of the molecule is O=S1CCc2nc(N3CC(c4cccc(F)c4)C3)nc(NC34CC(C3)C4)c21. The second-order valence-electron chi connectivity index (χ2n) is 8.49. The number of nitrogens with one attached hydrogen (secondary N) is 1. The van der Waals surface area contributed by atoms with Crippen LogP contribution in [0, 0.1) is 11.7 Å². The molecular formula is C20H21FN4OS. The van der Waals surface area contributed by atoms with Gasteiger partial charge < -0.3 is 10.2 Å². The molecule has 2 aromatic rings. The van der Waals surface area contributed by atoms with Crippen molar-refractivity contribution >= 4 is 22.6 Å². The maximum atomic E-state index is 13.5. The Morgan fingerprint density at radius 2 is 2.04 bits per heavy atom. The molecule has 3 saturated carbocycles. The van der Waals surface area contributed by atoms with Crippen molar-refractivity contribution < 1.29 is 8.60 Å². The van der Waals surface area contributed by atoms with Gasteiger partial charge in [0, 0.05) is 36.7 Å². The van der Waals surface area contributed by atoms with Gasteiger partial charge in [0.05, 0.1) is 16.5 Å². The lowest BCUT2D eigenvalue weighted by Gasteiger charge is -2.62. The van der Waals surface area contributed by atoms with Crippen LogP contribution < -0.4 is 10.2 Å². The van der Waals surface area contributed by atoms with Gasteiger partial charge in [-0.3, -0.25) is 4.21 Å². The molecule has 27 heavy (non-hydrogen) atoms. The average molecular weight is 384 g/mol. The Morgan fingerprint density at radius 3 is 2.74 bits per heavy atom. The fourth-order valence-corrected chi connectivity index (χ4v) is 6.21. The van der Waals surface area contributed by atoms with Crippen LogP contribution in [0.2, 0.25) is 0 Å². The molecule has 1 aromatic carbocycles. The fourth-order valence-electron chi connectivity index (χ4n) is 4.91. The van der Waals surface area contributed by atoms with E-state index in [0.717, 1.165) is 53.3 Å². The summed E-state index contributed by atoms with van der Waals surface area (Å²) >= 11 is 0. The molecule has 3 aliphatic carbocycles. The normalized spacial score (nSPS) is 30.9. The molecule has 2 aliphatic heterocycles. The fraction of sp³-hybridized carbons (Fsp3) is 0.500. The highest BCUT2D eigenvalue weighted by Crippen LogP contribution is 2.58. The minimum atomic E-state index is -0.997. The molecule has 1 aromatic heterocycles. The van der Waals surface area contributed by atoms with Gasteiger partial charge in [0.1, 0.15) is 16.5 Å². The largest absolute Gasteiger partial charge is 0.363 e. The number of aromatic nitrogens is 2. The summed E-state index contributed by atoms with van der Waals surface area (Å²) in [6.07, 6.45) is 4.38. The highest BCUT2D eigenvalue weighted by Gasteiger charge is 2.57. The van der Waals surface area contributed by atoms with Crippen molar-refractivity contribution in [2.45, 2.75) is 42.0 Å². The summed E-state index contributed by atoms with van der Waals surface area (Å²) in [6, 6.07) is 6.84. The van der Waals surface area contributed by atoms with E-state index in [0.29, 0.717) is 11.7 Å². The van der Waals surface area contributed by atoms with Gasteiger partial charge in [0.25, 0.3) is 0 Å². The molecule has 5 nitrogen and oxygen atoms in total. The quantitative estimate of drug-likeness (QED) is 0.879. The number of benzene rings is 1. The van der Waals surface area contributed by atoms with Crippen LogP contribution >= 0.6 is 0 Å². The topological polar surface area (TPSA) is 58.1 Å². The second kappa shape index (κ2) is 5.50. The van der Waals surface area contributed by atoms with Crippen LogP contribution in [0.4, 0.5) is 16.2 Å². The zero-order valence-corrected chi connectivity index (χ0v) is 15.8. The van der Waals surface area contributed by atoms with E-state index in [1.807, 2.05) is 6.07 Å². The van der Waals surface area contributed by atoms with Gasteiger partial charge in [-0.2, -0.15) is 4.98 Å². The van der Waals surface area contributed by atoms with Gasteiger partial charge in [0.15, 0.2) is 0 Å². The standard InChI is InChI=1S/C20H21FN4OS/c21-15-3-1-2-13(6-15)14-10-25(11-14)19-22-16-4-5-27(26)17(16)18(23-19)24-20-7-12(8-20)9-20/h1-3,6,12,14H,4-5,7-11H2,(H,22,23,24). The first-order chi connectivity index (χ1) is 13.1. The molecule has 4 fully saturated rings. The zero-order chi connectivity index (χ0) is 18.2. The van der Waals surface area contributed by atoms with E-state index in [-0.39, 0.29) is 11.4 Å². The third-order valence-electron chi connectivity index (χ3n) is 6.58. The molecular weight excluding hydrogens is 363 g/mol. The van der Waals surface area contributed by atoms with Gasteiger partial charge in [-0.05, 0) is 42.9 Å². The van der Waals surface area contributed by atoms with E-state index in [9.17, 15) is 8.60 Å². The molecule has 7 rings (SSSR count). The molecule has 0 radical (unpaired) electrons. The van der Waals surface area contributed by atoms with Gasteiger partial charge in [-0.1, -0.05) is 12.1 Å². The van der Waals surface area contributed by atoms with Gasteiger partial charge in [0.2, 0.25) is 5.95 Å². The molecule has 1 saturated heterocycles. The Hall–Kier alpha value is -2.02. The number of fused-ring (bicyclic) bond motifs is 1. The van der Waals surface area contributed by atoms with E-state index in [1.54, 1.807) is 12.1 Å². The number of anilines is 2. The third-order valence-corrected chi connectivity index (χ3v) is 8.04. The summed E-state index contributed by atoms with van der Waals surface area (Å²) in [5.74, 6) is 3.14. The van der Waals surface area contributed by atoms with Crippen LogP contribution in [-0.2, 0) is 17.2 Å². The van der Waals surface area contributed by atoms with Crippen molar-refractivity contribution in [3.8, 4) is 0 Å². The maximum absolute atomic E-state index is 13.5. The molecule has 7 heteroatoms. The zero-order valence-electron chi connectivity index (χ0n) is 14.9. The van der Waals surface area contributed by atoms with Gasteiger partial charge in [-0.15, -0.1) is 0 Å². The maximum Gasteiger partial charge on any atom is 0.227 e. The molecule has 140 valence electrons. The summed E-state index contributed by atoms with van der Waals surface area (Å²) in [5.41, 5.74) is 2.15. The number of aryl methyl sites for hydroxylation is 1. The minimum Gasteiger partial charge on any atom is -0.363 e. The Bertz CT molecular complexity index is 957. The summed E-state index contributed by atoms with van der Waals surface area (Å²) in [7, 11) is -0.997. The lowest BCUT2D eigenvalue weighted by molar-refractivity contribution is 0.00158. The number of hydrogen-bond acceptors (Lipinski definition) is 5. The van der Waals surface area contributed by atoms with Crippen molar-refractivity contribution in [1.29, 1.82) is 0 Å². The molecule has 2 bridgehead atoms. The van der Waals surface area contributed by atoms with E-state index >= 15 is 0 Å². The van der Waals surface area contributed by atoms with Crippen LogP contribution in [0.1, 0.15) is 36.4 Å². The van der Waals surface area contributed by atoms with Crippen LogP contribution in [0.5, 0.6) is 0 Å². The number of halogens is 1. The first kappa shape index (κ1) is 16.0. The molecule has 1 N–H and O–H groups in total. The lowest BCUT2D eigenvalue weighted by Crippen LogP contribution is -2.63. The molecule has 1 atom stereocenters. The molecule has 3 heterocycles. The lowest BCUT2D eigenvalue weighted by atomic mass is 9.50. The molecule has 0 amide bonds. The predicted molar refractivity (Wildman–Crippen MR) is 102 cm³/mol. The molecule has 1 unspecified atom stereocenters. The van der Waals surface area contributed by atoms with Crippen molar-refractivity contribution in [3.05, 3.63) is 41.3 Å². The highest BCUT2D eigenvalue weighted by molar-refractivity contribution is 7.85. The van der Waals surface area contributed by atoms with E-state index in [1.165, 1.54) is 25.3 Å². The van der Waals surface area contributed by atoms with E-state index < -0.39 is 10.8 Å². The van der Waals surface area contributed by atoms with Crippen LogP contribution in [0.15, 0.2) is 29.2 Å². The highest BCUT2D eigenvalue weighted by atomic mass is 32.2. The van der Waals surface area contributed by atoms with Crippen molar-refractivity contribution in [3.63, 3.8) is 0 Å². The van der Waals surface area contributed by atoms with E-state index in [4.69, 9.17) is 9.97 Å². The monoisotopic (exact) mass is 384 g/mol. The molecule has 0 spiro atoms. The number of rotatable bonds is 4. The van der Waals surface area contributed by atoms with Crippen LogP contribution in [0.3, 0.4) is 0 Å². The van der Waals surface area contributed by atoms with E-state index in [2.05, 4.69) is 10.2 Å². The summed E-state index contributed by atoms with van der Waals surface area (Å²) < 4.78 is 25.9. The van der Waals surface area contributed by atoms with Crippen molar-refractivity contribution in [2.24, 2.45) is 5.92 Å².